The second kappa shape index (κ2) is 6.01. The third-order valence-corrected chi connectivity index (χ3v) is 3.24. The molecule has 0 amide bonds. The summed E-state index contributed by atoms with van der Waals surface area (Å²) in [5, 5.41) is 7.29. The summed E-state index contributed by atoms with van der Waals surface area (Å²) in [5.41, 5.74) is 0.916. The Kier molecular flexibility index (Phi) is 3.92. The molecule has 1 aromatic carbocycles. The lowest BCUT2D eigenvalue weighted by Crippen LogP contribution is -2.10. The number of rotatable bonds is 4. The minimum atomic E-state index is 0.487. The number of halogens is 1. The van der Waals surface area contributed by atoms with E-state index in [0.717, 1.165) is 16.6 Å². The van der Waals surface area contributed by atoms with Crippen molar-refractivity contribution in [1.82, 2.24) is 24.7 Å². The van der Waals surface area contributed by atoms with Gasteiger partial charge in [0.2, 0.25) is 5.95 Å². The van der Waals surface area contributed by atoms with Gasteiger partial charge in [-0.15, -0.1) is 0 Å². The number of aromatic nitrogens is 5. The van der Waals surface area contributed by atoms with Gasteiger partial charge in [-0.05, 0) is 25.1 Å². The lowest BCUT2D eigenvalue weighted by atomic mass is 10.2. The third-order valence-electron chi connectivity index (χ3n) is 2.75. The van der Waals surface area contributed by atoms with E-state index >= 15 is 0 Å². The van der Waals surface area contributed by atoms with Crippen LogP contribution >= 0.6 is 15.9 Å². The van der Waals surface area contributed by atoms with Gasteiger partial charge in [0.1, 0.15) is 0 Å². The molecule has 7 heteroatoms. The Bertz CT molecular complexity index is 741. The number of nitrogens with one attached hydrogen (secondary N) is 1. The van der Waals surface area contributed by atoms with Gasteiger partial charge in [-0.25, -0.2) is 4.68 Å². The summed E-state index contributed by atoms with van der Waals surface area (Å²) >= 11 is 3.46. The molecule has 0 radical (unpaired) electrons. The van der Waals surface area contributed by atoms with Gasteiger partial charge in [-0.1, -0.05) is 28.1 Å². The van der Waals surface area contributed by atoms with E-state index in [1.165, 1.54) is 0 Å². The molecule has 106 valence electrons. The Morgan fingerprint density at radius 2 is 2.10 bits per heavy atom. The van der Waals surface area contributed by atoms with Crippen LogP contribution in [0, 0.1) is 0 Å². The molecule has 6 nitrogen and oxygen atoms in total. The SMILES string of the molecule is CCNc1nc(-c2cccc(Br)c2)nc(-n2cccn2)n1. The average molecular weight is 345 g/mol. The molecule has 0 aliphatic heterocycles. The van der Waals surface area contributed by atoms with Crippen LogP contribution in [0.25, 0.3) is 17.3 Å². The Morgan fingerprint density at radius 3 is 2.81 bits per heavy atom. The van der Waals surface area contributed by atoms with Crippen LogP contribution < -0.4 is 5.32 Å². The zero-order valence-electron chi connectivity index (χ0n) is 11.4. The van der Waals surface area contributed by atoms with Crippen LogP contribution in [0.5, 0.6) is 0 Å². The number of nitrogens with zero attached hydrogens (tertiary/aromatic N) is 5. The van der Waals surface area contributed by atoms with E-state index in [0.29, 0.717) is 17.7 Å². The Hall–Kier alpha value is -2.28. The topological polar surface area (TPSA) is 68.5 Å². The molecule has 2 heterocycles. The highest BCUT2D eigenvalue weighted by molar-refractivity contribution is 9.10. The number of anilines is 1. The van der Waals surface area contributed by atoms with Crippen LogP contribution in [-0.2, 0) is 0 Å². The maximum Gasteiger partial charge on any atom is 0.255 e. The summed E-state index contributed by atoms with van der Waals surface area (Å²) in [7, 11) is 0. The normalized spacial score (nSPS) is 10.6. The fraction of sp³-hybridized carbons (Fsp3) is 0.143. The van der Waals surface area contributed by atoms with Gasteiger partial charge in [0.15, 0.2) is 5.82 Å². The van der Waals surface area contributed by atoms with E-state index in [9.17, 15) is 0 Å². The van der Waals surface area contributed by atoms with Crippen LogP contribution in [0.15, 0.2) is 47.2 Å². The maximum absolute atomic E-state index is 4.49. The van der Waals surface area contributed by atoms with Crippen LogP contribution in [0.2, 0.25) is 0 Å². The Labute approximate surface area is 130 Å². The number of hydrogen-bond donors (Lipinski definition) is 1. The van der Waals surface area contributed by atoms with Crippen molar-refractivity contribution < 1.29 is 0 Å². The molecule has 0 spiro atoms. The van der Waals surface area contributed by atoms with Crippen molar-refractivity contribution in [2.75, 3.05) is 11.9 Å². The molecule has 0 aliphatic rings. The quantitative estimate of drug-likeness (QED) is 0.787. The van der Waals surface area contributed by atoms with Crippen LogP contribution in [-0.4, -0.2) is 31.3 Å². The summed E-state index contributed by atoms with van der Waals surface area (Å²) in [6.45, 7) is 2.73. The molecule has 21 heavy (non-hydrogen) atoms. The maximum atomic E-state index is 4.49. The molecule has 1 N–H and O–H groups in total. The monoisotopic (exact) mass is 344 g/mol. The zero-order chi connectivity index (χ0) is 14.7. The molecule has 0 saturated heterocycles. The molecular formula is C14H13BrN6. The molecule has 0 fully saturated rings. The van der Waals surface area contributed by atoms with E-state index in [4.69, 9.17) is 0 Å². The Morgan fingerprint density at radius 1 is 1.19 bits per heavy atom. The first-order chi connectivity index (χ1) is 10.3. The minimum Gasteiger partial charge on any atom is -0.354 e. The van der Waals surface area contributed by atoms with Crippen molar-refractivity contribution in [3.63, 3.8) is 0 Å². The smallest absolute Gasteiger partial charge is 0.255 e. The molecule has 0 aliphatic carbocycles. The van der Waals surface area contributed by atoms with Crippen molar-refractivity contribution in [3.8, 4) is 17.3 Å². The van der Waals surface area contributed by atoms with Crippen molar-refractivity contribution >= 4 is 21.9 Å². The highest BCUT2D eigenvalue weighted by Gasteiger charge is 2.10. The third kappa shape index (κ3) is 3.08. The first-order valence-electron chi connectivity index (χ1n) is 6.52. The van der Waals surface area contributed by atoms with Crippen LogP contribution in [0.3, 0.4) is 0 Å². The van der Waals surface area contributed by atoms with E-state index in [2.05, 4.69) is 41.3 Å². The standard InChI is InChI=1S/C14H13BrN6/c1-2-16-13-18-12(10-5-3-6-11(15)9-10)19-14(20-13)21-8-4-7-17-21/h3-9H,2H2,1H3,(H,16,18,19,20). The lowest BCUT2D eigenvalue weighted by molar-refractivity contribution is 0.798. The van der Waals surface area contributed by atoms with E-state index in [1.54, 1.807) is 17.1 Å². The predicted molar refractivity (Wildman–Crippen MR) is 84.2 cm³/mol. The van der Waals surface area contributed by atoms with E-state index in [-0.39, 0.29) is 0 Å². The fourth-order valence-electron chi connectivity index (χ4n) is 1.85. The molecule has 0 atom stereocenters. The van der Waals surface area contributed by atoms with Gasteiger partial charge < -0.3 is 5.32 Å². The van der Waals surface area contributed by atoms with Crippen molar-refractivity contribution in [2.24, 2.45) is 0 Å². The molecular weight excluding hydrogens is 332 g/mol. The van der Waals surface area contributed by atoms with Crippen molar-refractivity contribution in [1.29, 1.82) is 0 Å². The summed E-state index contributed by atoms with van der Waals surface area (Å²) in [6.07, 6.45) is 3.49. The summed E-state index contributed by atoms with van der Waals surface area (Å²) in [6, 6.07) is 9.67. The first kappa shape index (κ1) is 13.7. The van der Waals surface area contributed by atoms with Gasteiger partial charge in [-0.3, -0.25) is 0 Å². The second-order valence-electron chi connectivity index (χ2n) is 4.27. The molecule has 0 bridgehead atoms. The van der Waals surface area contributed by atoms with Gasteiger partial charge in [0, 0.05) is 29.0 Å². The summed E-state index contributed by atoms with van der Waals surface area (Å²) in [4.78, 5) is 13.3. The minimum absolute atomic E-state index is 0.487. The van der Waals surface area contributed by atoms with Gasteiger partial charge in [0.05, 0.1) is 0 Å². The Balaban J connectivity index is 2.11. The predicted octanol–water partition coefficient (Wildman–Crippen LogP) is 2.92. The van der Waals surface area contributed by atoms with Crippen LogP contribution in [0.4, 0.5) is 5.95 Å². The molecule has 2 aromatic heterocycles. The largest absolute Gasteiger partial charge is 0.354 e. The zero-order valence-corrected chi connectivity index (χ0v) is 12.9. The number of benzene rings is 1. The first-order valence-corrected chi connectivity index (χ1v) is 7.31. The molecule has 3 aromatic rings. The van der Waals surface area contributed by atoms with Crippen LogP contribution in [0.1, 0.15) is 6.92 Å². The second-order valence-corrected chi connectivity index (χ2v) is 5.19. The number of hydrogen-bond acceptors (Lipinski definition) is 5. The van der Waals surface area contributed by atoms with Gasteiger partial charge in [0.25, 0.3) is 5.95 Å². The molecule has 3 rings (SSSR count). The molecule has 0 saturated carbocycles. The highest BCUT2D eigenvalue weighted by atomic mass is 79.9. The molecule has 0 unspecified atom stereocenters. The summed E-state index contributed by atoms with van der Waals surface area (Å²) in [5.74, 6) is 1.63. The lowest BCUT2D eigenvalue weighted by Gasteiger charge is -2.08. The van der Waals surface area contributed by atoms with Crippen molar-refractivity contribution in [2.45, 2.75) is 6.92 Å². The van der Waals surface area contributed by atoms with Gasteiger partial charge >= 0.3 is 0 Å². The highest BCUT2D eigenvalue weighted by Crippen LogP contribution is 2.21. The van der Waals surface area contributed by atoms with Gasteiger partial charge in [-0.2, -0.15) is 20.1 Å². The summed E-state index contributed by atoms with van der Waals surface area (Å²) < 4.78 is 2.59. The fourth-order valence-corrected chi connectivity index (χ4v) is 2.25. The van der Waals surface area contributed by atoms with Crippen molar-refractivity contribution in [3.05, 3.63) is 47.2 Å². The van der Waals surface area contributed by atoms with E-state index < -0.39 is 0 Å². The average Bonchev–Trinajstić information content (AvgIpc) is 3.01. The van der Waals surface area contributed by atoms with E-state index in [1.807, 2.05) is 37.3 Å².